The average molecular weight is 289 g/mol. The molecule has 3 nitrogen and oxygen atoms in total. The Balaban J connectivity index is 2.32. The fourth-order valence-corrected chi connectivity index (χ4v) is 2.74. The van der Waals surface area contributed by atoms with Gasteiger partial charge in [-0.1, -0.05) is 6.92 Å². The molecule has 0 aromatic carbocycles. The van der Waals surface area contributed by atoms with Crippen LogP contribution >= 0.6 is 0 Å². The van der Waals surface area contributed by atoms with E-state index in [1.807, 2.05) is 0 Å². The number of rotatable bonds is 6. The molecule has 21 heavy (non-hydrogen) atoms. The Morgan fingerprint density at radius 2 is 1.95 bits per heavy atom. The summed E-state index contributed by atoms with van der Waals surface area (Å²) in [4.78, 5) is 7.44. The van der Waals surface area contributed by atoms with Crippen molar-refractivity contribution in [3.8, 4) is 0 Å². The maximum absolute atomic E-state index is 4.90. The Kier molecular flexibility index (Phi) is 4.92. The van der Waals surface area contributed by atoms with Gasteiger partial charge in [-0.15, -0.1) is 0 Å². The highest BCUT2D eigenvalue weighted by Crippen LogP contribution is 2.34. The zero-order valence-electron chi connectivity index (χ0n) is 14.6. The highest BCUT2D eigenvalue weighted by Gasteiger charge is 2.31. The van der Waals surface area contributed by atoms with Gasteiger partial charge in [-0.2, -0.15) is 0 Å². The molecule has 1 saturated carbocycles. The first kappa shape index (κ1) is 16.3. The lowest BCUT2D eigenvalue weighted by Gasteiger charge is -2.29. The van der Waals surface area contributed by atoms with Crippen molar-refractivity contribution in [2.24, 2.45) is 0 Å². The van der Waals surface area contributed by atoms with E-state index >= 15 is 0 Å². The van der Waals surface area contributed by atoms with Crippen LogP contribution < -0.4 is 10.2 Å². The Labute approximate surface area is 130 Å². The van der Waals surface area contributed by atoms with Crippen LogP contribution in [0.2, 0.25) is 0 Å². The Bertz CT molecular complexity index is 484. The van der Waals surface area contributed by atoms with Gasteiger partial charge < -0.3 is 10.2 Å². The molecule has 0 amide bonds. The highest BCUT2D eigenvalue weighted by atomic mass is 15.2. The Morgan fingerprint density at radius 3 is 2.48 bits per heavy atom. The molecule has 1 heterocycles. The Hall–Kier alpha value is -1.09. The number of nitrogens with one attached hydrogen (secondary N) is 1. The van der Waals surface area contributed by atoms with E-state index < -0.39 is 0 Å². The van der Waals surface area contributed by atoms with E-state index in [1.165, 1.54) is 36.2 Å². The fourth-order valence-electron chi connectivity index (χ4n) is 2.74. The third-order valence-corrected chi connectivity index (χ3v) is 3.97. The van der Waals surface area contributed by atoms with E-state index in [2.05, 4.69) is 57.8 Å². The lowest BCUT2D eigenvalue weighted by molar-refractivity contribution is 0.423. The predicted octanol–water partition coefficient (Wildman–Crippen LogP) is 3.97. The number of nitrogens with zero attached hydrogens (tertiary/aromatic N) is 2. The number of aromatic nitrogens is 1. The SMILES string of the molecule is CCCN(c1nc(C)cc(C)c1CNC(C)(C)C)C1CC1. The van der Waals surface area contributed by atoms with Crippen molar-refractivity contribution < 1.29 is 0 Å². The number of hydrogen-bond donors (Lipinski definition) is 1. The third kappa shape index (κ3) is 4.44. The molecule has 1 N–H and O–H groups in total. The molecule has 0 spiro atoms. The van der Waals surface area contributed by atoms with E-state index in [9.17, 15) is 0 Å². The minimum absolute atomic E-state index is 0.129. The summed E-state index contributed by atoms with van der Waals surface area (Å²) >= 11 is 0. The van der Waals surface area contributed by atoms with Gasteiger partial charge in [-0.3, -0.25) is 0 Å². The van der Waals surface area contributed by atoms with Crippen LogP contribution in [-0.4, -0.2) is 23.1 Å². The van der Waals surface area contributed by atoms with Gasteiger partial charge in [0.15, 0.2) is 0 Å². The molecule has 118 valence electrons. The molecule has 1 fully saturated rings. The van der Waals surface area contributed by atoms with Gasteiger partial charge in [0.1, 0.15) is 5.82 Å². The summed E-state index contributed by atoms with van der Waals surface area (Å²) in [6.45, 7) is 15.2. The largest absolute Gasteiger partial charge is 0.353 e. The molecule has 1 aromatic heterocycles. The number of anilines is 1. The van der Waals surface area contributed by atoms with Crippen LogP contribution in [0.15, 0.2) is 6.07 Å². The topological polar surface area (TPSA) is 28.2 Å². The van der Waals surface area contributed by atoms with Gasteiger partial charge in [0.25, 0.3) is 0 Å². The molecule has 1 aromatic rings. The van der Waals surface area contributed by atoms with Crippen molar-refractivity contribution in [1.29, 1.82) is 0 Å². The normalized spacial score (nSPS) is 15.3. The first-order valence-corrected chi connectivity index (χ1v) is 8.30. The van der Waals surface area contributed by atoms with Crippen LogP contribution in [0.5, 0.6) is 0 Å². The standard InChI is InChI=1S/C18H31N3/c1-7-10-21(15-8-9-15)17-16(12-19-18(4,5)6)13(2)11-14(3)20-17/h11,15,19H,7-10,12H2,1-6H3. The number of hydrogen-bond acceptors (Lipinski definition) is 3. The quantitative estimate of drug-likeness (QED) is 0.859. The first-order valence-electron chi connectivity index (χ1n) is 8.30. The molecule has 1 aliphatic carbocycles. The molecule has 0 saturated heterocycles. The molecule has 1 aliphatic rings. The van der Waals surface area contributed by atoms with Gasteiger partial charge in [0.2, 0.25) is 0 Å². The molecule has 3 heteroatoms. The summed E-state index contributed by atoms with van der Waals surface area (Å²) in [5.41, 5.74) is 3.99. The smallest absolute Gasteiger partial charge is 0.133 e. The van der Waals surface area contributed by atoms with Gasteiger partial charge in [-0.05, 0) is 65.5 Å². The van der Waals surface area contributed by atoms with Gasteiger partial charge >= 0.3 is 0 Å². The summed E-state index contributed by atoms with van der Waals surface area (Å²) in [5, 5.41) is 3.63. The second-order valence-electron chi connectivity index (χ2n) is 7.41. The zero-order valence-corrected chi connectivity index (χ0v) is 14.6. The molecular weight excluding hydrogens is 258 g/mol. The molecule has 0 atom stereocenters. The fraction of sp³-hybridized carbons (Fsp3) is 0.722. The van der Waals surface area contributed by atoms with Crippen molar-refractivity contribution in [2.75, 3.05) is 11.4 Å². The van der Waals surface area contributed by atoms with Crippen LogP contribution in [0, 0.1) is 13.8 Å². The number of aryl methyl sites for hydroxylation is 2. The van der Waals surface area contributed by atoms with Crippen molar-refractivity contribution in [2.45, 2.75) is 78.9 Å². The van der Waals surface area contributed by atoms with Gasteiger partial charge in [0.05, 0.1) is 0 Å². The van der Waals surface area contributed by atoms with E-state index in [0.717, 1.165) is 18.8 Å². The Morgan fingerprint density at radius 1 is 1.29 bits per heavy atom. The molecule has 0 radical (unpaired) electrons. The van der Waals surface area contributed by atoms with Crippen LogP contribution in [0.3, 0.4) is 0 Å². The summed E-state index contributed by atoms with van der Waals surface area (Å²) in [7, 11) is 0. The average Bonchev–Trinajstić information content (AvgIpc) is 3.17. The van der Waals surface area contributed by atoms with Crippen LogP contribution in [0.1, 0.15) is 63.8 Å². The molecule has 0 bridgehead atoms. The third-order valence-electron chi connectivity index (χ3n) is 3.97. The molecule has 0 aliphatic heterocycles. The monoisotopic (exact) mass is 289 g/mol. The maximum Gasteiger partial charge on any atom is 0.133 e. The highest BCUT2D eigenvalue weighted by molar-refractivity contribution is 5.53. The molecular formula is C18H31N3. The van der Waals surface area contributed by atoms with Gasteiger partial charge in [0, 0.05) is 35.9 Å². The van der Waals surface area contributed by atoms with E-state index in [0.29, 0.717) is 6.04 Å². The van der Waals surface area contributed by atoms with Crippen LogP contribution in [0.25, 0.3) is 0 Å². The molecule has 2 rings (SSSR count). The van der Waals surface area contributed by atoms with Crippen molar-refractivity contribution >= 4 is 5.82 Å². The van der Waals surface area contributed by atoms with Gasteiger partial charge in [-0.25, -0.2) is 4.98 Å². The lowest BCUT2D eigenvalue weighted by Crippen LogP contribution is -2.36. The predicted molar refractivity (Wildman–Crippen MR) is 91.0 cm³/mol. The molecule has 0 unspecified atom stereocenters. The number of pyridine rings is 1. The summed E-state index contributed by atoms with van der Waals surface area (Å²) in [6.07, 6.45) is 3.82. The van der Waals surface area contributed by atoms with E-state index in [1.54, 1.807) is 0 Å². The van der Waals surface area contributed by atoms with Crippen molar-refractivity contribution in [1.82, 2.24) is 10.3 Å². The van der Waals surface area contributed by atoms with Crippen molar-refractivity contribution in [3.63, 3.8) is 0 Å². The summed E-state index contributed by atoms with van der Waals surface area (Å²) in [6, 6.07) is 2.92. The summed E-state index contributed by atoms with van der Waals surface area (Å²) < 4.78 is 0. The zero-order chi connectivity index (χ0) is 15.6. The summed E-state index contributed by atoms with van der Waals surface area (Å²) in [5.74, 6) is 1.22. The lowest BCUT2D eigenvalue weighted by atomic mass is 10.0. The van der Waals surface area contributed by atoms with E-state index in [4.69, 9.17) is 4.98 Å². The van der Waals surface area contributed by atoms with Crippen LogP contribution in [-0.2, 0) is 6.54 Å². The van der Waals surface area contributed by atoms with Crippen LogP contribution in [0.4, 0.5) is 5.82 Å². The maximum atomic E-state index is 4.90. The first-order chi connectivity index (χ1) is 9.81. The minimum atomic E-state index is 0.129. The second kappa shape index (κ2) is 6.35. The minimum Gasteiger partial charge on any atom is -0.353 e. The second-order valence-corrected chi connectivity index (χ2v) is 7.41. The van der Waals surface area contributed by atoms with Crippen molar-refractivity contribution in [3.05, 3.63) is 22.9 Å². The van der Waals surface area contributed by atoms with E-state index in [-0.39, 0.29) is 5.54 Å².